The largest absolute Gasteiger partial charge is 0.379 e. The minimum Gasteiger partial charge on any atom is -0.379 e. The first-order chi connectivity index (χ1) is 3.56. The second kappa shape index (κ2) is 3.25. The van der Waals surface area contributed by atoms with Crippen molar-refractivity contribution in [3.05, 3.63) is 0 Å². The molecule has 0 unspecified atom stereocenters. The van der Waals surface area contributed by atoms with E-state index in [4.69, 9.17) is 17.6 Å². The van der Waals surface area contributed by atoms with Crippen LogP contribution in [0.25, 0.3) is 0 Å². The van der Waals surface area contributed by atoms with E-state index in [1.165, 1.54) is 0 Å². The van der Waals surface area contributed by atoms with E-state index in [0.29, 0.717) is 0 Å². The van der Waals surface area contributed by atoms with E-state index in [-0.39, 0.29) is 6.51 Å². The van der Waals surface area contributed by atoms with Gasteiger partial charge >= 0.3 is 7.60 Å². The predicted molar refractivity (Wildman–Crippen MR) is 28.6 cm³/mol. The lowest BCUT2D eigenvalue weighted by atomic mass is 10.2. The fourth-order valence-corrected chi connectivity index (χ4v) is 0.515. The third kappa shape index (κ3) is 6.17. The van der Waals surface area contributed by atoms with Crippen molar-refractivity contribution in [3.8, 4) is 0 Å². The smallest absolute Gasteiger partial charge is 0.350 e. The normalized spacial score (nSPS) is 11.8. The standard InChI is InChI=1S/C2H6BO4P/c3-1-7-2-8(4,5)6/h1-2H2,(H2,4,5,6). The van der Waals surface area contributed by atoms with Crippen LogP contribution in [0.3, 0.4) is 0 Å². The molecule has 0 aliphatic carbocycles. The van der Waals surface area contributed by atoms with Gasteiger partial charge in [-0.05, 0) is 0 Å². The minimum absolute atomic E-state index is 0.162. The quantitative estimate of drug-likeness (QED) is 0.396. The molecule has 4 nitrogen and oxygen atoms in total. The summed E-state index contributed by atoms with van der Waals surface area (Å²) in [6.07, 6.45) is -0.594. The summed E-state index contributed by atoms with van der Waals surface area (Å²) >= 11 is 0. The summed E-state index contributed by atoms with van der Waals surface area (Å²) in [4.78, 5) is 16.2. The van der Waals surface area contributed by atoms with Gasteiger partial charge in [0, 0.05) is 6.51 Å². The molecule has 0 spiro atoms. The molecule has 0 bridgehead atoms. The fourth-order valence-electron chi connectivity index (χ4n) is 0.172. The Morgan fingerprint density at radius 2 is 2.12 bits per heavy atom. The van der Waals surface area contributed by atoms with E-state index in [2.05, 4.69) is 4.74 Å². The molecule has 0 aliphatic heterocycles. The van der Waals surface area contributed by atoms with Crippen LogP contribution in [-0.4, -0.2) is 30.5 Å². The molecule has 0 fully saturated rings. The monoisotopic (exact) mass is 136 g/mol. The molecule has 0 aromatic heterocycles. The molecule has 2 radical (unpaired) electrons. The zero-order chi connectivity index (χ0) is 6.62. The van der Waals surface area contributed by atoms with Crippen molar-refractivity contribution in [1.82, 2.24) is 0 Å². The van der Waals surface area contributed by atoms with Crippen LogP contribution < -0.4 is 0 Å². The Labute approximate surface area is 48.4 Å². The highest BCUT2D eigenvalue weighted by molar-refractivity contribution is 7.51. The molecule has 0 saturated heterocycles. The third-order valence-corrected chi connectivity index (χ3v) is 0.896. The van der Waals surface area contributed by atoms with Crippen LogP contribution >= 0.6 is 7.60 Å². The van der Waals surface area contributed by atoms with Gasteiger partial charge in [-0.15, -0.1) is 0 Å². The lowest BCUT2D eigenvalue weighted by Gasteiger charge is -2.01. The summed E-state index contributed by atoms with van der Waals surface area (Å²) in [5.74, 6) is 0. The minimum atomic E-state index is -3.98. The zero-order valence-electron chi connectivity index (χ0n) is 4.15. The fraction of sp³-hybridized carbons (Fsp3) is 1.00. The number of hydrogen-bond acceptors (Lipinski definition) is 2. The Hall–Kier alpha value is 0.175. The molecular weight excluding hydrogens is 130 g/mol. The Morgan fingerprint density at radius 3 is 2.25 bits per heavy atom. The van der Waals surface area contributed by atoms with Gasteiger partial charge < -0.3 is 14.5 Å². The average Bonchev–Trinajstić information content (AvgIpc) is 1.59. The molecule has 0 aliphatic rings. The highest BCUT2D eigenvalue weighted by Gasteiger charge is 2.10. The molecule has 8 heavy (non-hydrogen) atoms. The van der Waals surface area contributed by atoms with Gasteiger partial charge in [0.15, 0.2) is 0 Å². The highest BCUT2D eigenvalue weighted by atomic mass is 31.2. The maximum atomic E-state index is 9.90. The van der Waals surface area contributed by atoms with Gasteiger partial charge in [0.25, 0.3) is 0 Å². The van der Waals surface area contributed by atoms with Gasteiger partial charge in [-0.3, -0.25) is 4.57 Å². The van der Waals surface area contributed by atoms with Crippen LogP contribution in [0.2, 0.25) is 0 Å². The van der Waals surface area contributed by atoms with Crippen molar-refractivity contribution in [1.29, 1.82) is 0 Å². The van der Waals surface area contributed by atoms with Crippen LogP contribution in [-0.2, 0) is 9.30 Å². The second-order valence-electron chi connectivity index (χ2n) is 1.16. The summed E-state index contributed by atoms with van der Waals surface area (Å²) in [5, 5.41) is 0. The molecule has 6 heteroatoms. The van der Waals surface area contributed by atoms with E-state index in [9.17, 15) is 4.57 Å². The van der Waals surface area contributed by atoms with Gasteiger partial charge in [0.05, 0.1) is 0 Å². The first kappa shape index (κ1) is 8.17. The predicted octanol–water partition coefficient (Wildman–Crippen LogP) is -0.736. The zero-order valence-corrected chi connectivity index (χ0v) is 5.04. The van der Waals surface area contributed by atoms with E-state index in [0.717, 1.165) is 0 Å². The van der Waals surface area contributed by atoms with E-state index in [1.807, 2.05) is 0 Å². The van der Waals surface area contributed by atoms with Crippen LogP contribution in [0, 0.1) is 0 Å². The molecule has 0 rings (SSSR count). The van der Waals surface area contributed by atoms with Gasteiger partial charge in [-0.2, -0.15) is 0 Å². The molecule has 0 atom stereocenters. The van der Waals surface area contributed by atoms with Gasteiger partial charge in [-0.25, -0.2) is 0 Å². The molecular formula is C2H6BO4P. The van der Waals surface area contributed by atoms with Crippen LogP contribution in [0.1, 0.15) is 0 Å². The molecule has 0 aromatic rings. The van der Waals surface area contributed by atoms with Crippen LogP contribution in [0.5, 0.6) is 0 Å². The molecule has 2 N–H and O–H groups in total. The van der Waals surface area contributed by atoms with Gasteiger partial charge in [0.2, 0.25) is 0 Å². The maximum absolute atomic E-state index is 9.90. The Kier molecular flexibility index (Phi) is 3.32. The van der Waals surface area contributed by atoms with Crippen molar-refractivity contribution in [2.45, 2.75) is 0 Å². The van der Waals surface area contributed by atoms with Gasteiger partial charge in [-0.1, -0.05) is 0 Å². The summed E-state index contributed by atoms with van der Waals surface area (Å²) in [5.41, 5.74) is 0. The highest BCUT2D eigenvalue weighted by Crippen LogP contribution is 2.33. The van der Waals surface area contributed by atoms with Crippen molar-refractivity contribution in [2.24, 2.45) is 0 Å². The Balaban J connectivity index is 3.26. The van der Waals surface area contributed by atoms with Crippen molar-refractivity contribution >= 4 is 15.4 Å². The lowest BCUT2D eigenvalue weighted by Crippen LogP contribution is -1.95. The van der Waals surface area contributed by atoms with Crippen LogP contribution in [0.15, 0.2) is 0 Å². The summed E-state index contributed by atoms with van der Waals surface area (Å²) in [6, 6.07) is 0. The molecule has 0 saturated carbocycles. The van der Waals surface area contributed by atoms with Crippen molar-refractivity contribution in [3.63, 3.8) is 0 Å². The van der Waals surface area contributed by atoms with E-state index in [1.54, 1.807) is 0 Å². The molecule has 0 aromatic carbocycles. The first-order valence-electron chi connectivity index (χ1n) is 1.88. The van der Waals surface area contributed by atoms with Gasteiger partial charge in [0.1, 0.15) is 14.2 Å². The van der Waals surface area contributed by atoms with E-state index < -0.39 is 13.9 Å². The van der Waals surface area contributed by atoms with E-state index >= 15 is 0 Å². The van der Waals surface area contributed by atoms with Crippen molar-refractivity contribution < 1.29 is 19.1 Å². The summed E-state index contributed by atoms with van der Waals surface area (Å²) in [6.45, 7) is -0.162. The second-order valence-corrected chi connectivity index (χ2v) is 2.75. The van der Waals surface area contributed by atoms with Crippen LogP contribution in [0.4, 0.5) is 0 Å². The number of ether oxygens (including phenoxy) is 1. The summed E-state index contributed by atoms with van der Waals surface area (Å²) < 4.78 is 14.1. The first-order valence-corrected chi connectivity index (χ1v) is 3.68. The summed E-state index contributed by atoms with van der Waals surface area (Å²) in [7, 11) is 0.786. The number of hydrogen-bond donors (Lipinski definition) is 2. The SMILES string of the molecule is [B]COCP(=O)(O)O. The lowest BCUT2D eigenvalue weighted by molar-refractivity contribution is 0.200. The van der Waals surface area contributed by atoms with Crippen molar-refractivity contribution in [2.75, 3.05) is 12.9 Å². The molecule has 0 amide bonds. The Bertz CT molecular complexity index is 98.2. The third-order valence-electron chi connectivity index (χ3n) is 0.377. The number of rotatable bonds is 3. The average molecular weight is 136 g/mol. The Morgan fingerprint density at radius 1 is 1.62 bits per heavy atom. The maximum Gasteiger partial charge on any atom is 0.350 e. The molecule has 0 heterocycles. The molecule has 46 valence electrons. The topological polar surface area (TPSA) is 66.8 Å².